The van der Waals surface area contributed by atoms with Gasteiger partial charge in [-0.15, -0.1) is 0 Å². The van der Waals surface area contributed by atoms with Crippen LogP contribution in [0, 0.1) is 0 Å². The van der Waals surface area contributed by atoms with Gasteiger partial charge < -0.3 is 5.32 Å². The highest BCUT2D eigenvalue weighted by atomic mass is 35.5. The molecule has 0 aromatic heterocycles. The van der Waals surface area contributed by atoms with Crippen molar-refractivity contribution in [3.8, 4) is 0 Å². The molecule has 0 atom stereocenters. The van der Waals surface area contributed by atoms with Gasteiger partial charge in [-0.2, -0.15) is 0 Å². The zero-order chi connectivity index (χ0) is 16.1. The Balaban J connectivity index is 1.48. The van der Waals surface area contributed by atoms with Crippen LogP contribution in [0.25, 0.3) is 0 Å². The fourth-order valence-electron chi connectivity index (χ4n) is 3.14. The van der Waals surface area contributed by atoms with Gasteiger partial charge in [0.1, 0.15) is 0 Å². The number of hydrogen-bond donors (Lipinski definition) is 1. The predicted molar refractivity (Wildman–Crippen MR) is 95.0 cm³/mol. The minimum absolute atomic E-state index is 0.0923. The maximum Gasteiger partial charge on any atom is 0.224 e. The van der Waals surface area contributed by atoms with Crippen LogP contribution in [0.3, 0.4) is 0 Å². The molecular formula is C20H22ClNO. The third kappa shape index (κ3) is 4.59. The van der Waals surface area contributed by atoms with Crippen molar-refractivity contribution in [2.45, 2.75) is 38.5 Å². The molecule has 1 amide bonds. The van der Waals surface area contributed by atoms with Crippen LogP contribution in [-0.2, 0) is 30.5 Å². The fraction of sp³-hybridized carbons (Fsp3) is 0.350. The molecule has 0 radical (unpaired) electrons. The lowest BCUT2D eigenvalue weighted by Gasteiger charge is -2.16. The van der Waals surface area contributed by atoms with Crippen molar-refractivity contribution in [3.05, 3.63) is 69.7 Å². The Morgan fingerprint density at radius 1 is 0.957 bits per heavy atom. The lowest BCUT2D eigenvalue weighted by Crippen LogP contribution is -2.27. The summed E-state index contributed by atoms with van der Waals surface area (Å²) in [5.74, 6) is 0.0923. The van der Waals surface area contributed by atoms with Crippen LogP contribution in [0.4, 0.5) is 0 Å². The van der Waals surface area contributed by atoms with Gasteiger partial charge in [0.25, 0.3) is 0 Å². The van der Waals surface area contributed by atoms with Crippen LogP contribution in [0.1, 0.15) is 35.1 Å². The Morgan fingerprint density at radius 3 is 2.43 bits per heavy atom. The van der Waals surface area contributed by atoms with Gasteiger partial charge in [0.2, 0.25) is 5.91 Å². The number of fused-ring (bicyclic) bond motifs is 1. The zero-order valence-corrected chi connectivity index (χ0v) is 14.0. The molecule has 0 fully saturated rings. The first kappa shape index (κ1) is 16.1. The number of carbonyl (C=O) groups excluding carboxylic acids is 1. The number of carbonyl (C=O) groups is 1. The van der Waals surface area contributed by atoms with Gasteiger partial charge in [0, 0.05) is 11.6 Å². The van der Waals surface area contributed by atoms with E-state index in [1.165, 1.54) is 36.0 Å². The van der Waals surface area contributed by atoms with Crippen LogP contribution in [0.2, 0.25) is 5.02 Å². The molecule has 23 heavy (non-hydrogen) atoms. The second kappa shape index (κ2) is 7.65. The molecule has 2 nitrogen and oxygen atoms in total. The molecule has 2 aromatic carbocycles. The summed E-state index contributed by atoms with van der Waals surface area (Å²) in [5, 5.41) is 3.74. The molecule has 1 aliphatic rings. The van der Waals surface area contributed by atoms with Crippen LogP contribution in [-0.4, -0.2) is 12.5 Å². The summed E-state index contributed by atoms with van der Waals surface area (Å²) in [6, 6.07) is 14.3. The summed E-state index contributed by atoms with van der Waals surface area (Å²) in [7, 11) is 0. The quantitative estimate of drug-likeness (QED) is 0.879. The van der Waals surface area contributed by atoms with Gasteiger partial charge in [-0.25, -0.2) is 0 Å². The van der Waals surface area contributed by atoms with Crippen molar-refractivity contribution in [3.63, 3.8) is 0 Å². The van der Waals surface area contributed by atoms with Crippen LogP contribution >= 0.6 is 11.6 Å². The highest BCUT2D eigenvalue weighted by molar-refractivity contribution is 6.30. The summed E-state index contributed by atoms with van der Waals surface area (Å²) in [4.78, 5) is 12.1. The zero-order valence-electron chi connectivity index (χ0n) is 13.3. The fourth-order valence-corrected chi connectivity index (χ4v) is 3.27. The molecule has 0 heterocycles. The first-order valence-electron chi connectivity index (χ1n) is 8.32. The molecule has 3 heteroatoms. The SMILES string of the molecule is O=C(Cc1ccc2c(c1)CCCC2)NCCc1ccc(Cl)cc1. The molecule has 2 aromatic rings. The van der Waals surface area contributed by atoms with Crippen molar-refractivity contribution in [2.24, 2.45) is 0 Å². The predicted octanol–water partition coefficient (Wildman–Crippen LogP) is 4.12. The molecule has 0 aliphatic heterocycles. The Morgan fingerprint density at radius 2 is 1.65 bits per heavy atom. The average Bonchev–Trinajstić information content (AvgIpc) is 2.56. The molecular weight excluding hydrogens is 306 g/mol. The van der Waals surface area contributed by atoms with E-state index in [1.54, 1.807) is 0 Å². The van der Waals surface area contributed by atoms with E-state index in [4.69, 9.17) is 11.6 Å². The minimum Gasteiger partial charge on any atom is -0.355 e. The highest BCUT2D eigenvalue weighted by Crippen LogP contribution is 2.22. The van der Waals surface area contributed by atoms with Crippen molar-refractivity contribution < 1.29 is 4.79 Å². The lowest BCUT2D eigenvalue weighted by atomic mass is 9.90. The van der Waals surface area contributed by atoms with E-state index in [-0.39, 0.29) is 5.91 Å². The van der Waals surface area contributed by atoms with E-state index in [0.717, 1.165) is 23.4 Å². The second-order valence-corrected chi connectivity index (χ2v) is 6.65. The summed E-state index contributed by atoms with van der Waals surface area (Å²) in [6.07, 6.45) is 6.19. The first-order valence-corrected chi connectivity index (χ1v) is 8.70. The van der Waals surface area contributed by atoms with Crippen LogP contribution in [0.15, 0.2) is 42.5 Å². The molecule has 1 N–H and O–H groups in total. The third-order valence-corrected chi connectivity index (χ3v) is 4.68. The average molecular weight is 328 g/mol. The van der Waals surface area contributed by atoms with Gasteiger partial charge in [0.15, 0.2) is 0 Å². The minimum atomic E-state index is 0.0923. The number of amides is 1. The summed E-state index contributed by atoms with van der Waals surface area (Å²) >= 11 is 5.87. The Labute approximate surface area is 142 Å². The van der Waals surface area contributed by atoms with E-state index in [9.17, 15) is 4.79 Å². The third-order valence-electron chi connectivity index (χ3n) is 4.43. The number of rotatable bonds is 5. The summed E-state index contributed by atoms with van der Waals surface area (Å²) in [6.45, 7) is 0.658. The van der Waals surface area contributed by atoms with E-state index in [2.05, 4.69) is 23.5 Å². The first-order chi connectivity index (χ1) is 11.2. The van der Waals surface area contributed by atoms with Crippen molar-refractivity contribution in [1.82, 2.24) is 5.32 Å². The Bertz CT molecular complexity index is 679. The molecule has 0 unspecified atom stereocenters. The molecule has 0 spiro atoms. The standard InChI is InChI=1S/C20H22ClNO/c21-19-9-6-15(7-10-19)11-12-22-20(23)14-16-5-8-17-3-1-2-4-18(17)13-16/h5-10,13H,1-4,11-12,14H2,(H,22,23). The molecule has 0 bridgehead atoms. The van der Waals surface area contributed by atoms with Gasteiger partial charge in [-0.05, 0) is 66.5 Å². The number of aryl methyl sites for hydroxylation is 2. The smallest absolute Gasteiger partial charge is 0.224 e. The molecule has 0 saturated carbocycles. The summed E-state index contributed by atoms with van der Waals surface area (Å²) in [5.41, 5.74) is 5.20. The van der Waals surface area contributed by atoms with Crippen LogP contribution < -0.4 is 5.32 Å². The van der Waals surface area contributed by atoms with Crippen molar-refractivity contribution in [2.75, 3.05) is 6.54 Å². The number of halogens is 1. The van der Waals surface area contributed by atoms with Gasteiger partial charge >= 0.3 is 0 Å². The summed E-state index contributed by atoms with van der Waals surface area (Å²) < 4.78 is 0. The highest BCUT2D eigenvalue weighted by Gasteiger charge is 2.11. The normalized spacial score (nSPS) is 13.4. The molecule has 1 aliphatic carbocycles. The molecule has 3 rings (SSSR count). The second-order valence-electron chi connectivity index (χ2n) is 6.21. The topological polar surface area (TPSA) is 29.1 Å². The Kier molecular flexibility index (Phi) is 5.35. The van der Waals surface area contributed by atoms with E-state index < -0.39 is 0 Å². The maximum absolute atomic E-state index is 12.1. The van der Waals surface area contributed by atoms with E-state index in [0.29, 0.717) is 13.0 Å². The maximum atomic E-state index is 12.1. The van der Waals surface area contributed by atoms with E-state index >= 15 is 0 Å². The number of hydrogen-bond acceptors (Lipinski definition) is 1. The van der Waals surface area contributed by atoms with Gasteiger partial charge in [-0.3, -0.25) is 4.79 Å². The van der Waals surface area contributed by atoms with Crippen molar-refractivity contribution in [1.29, 1.82) is 0 Å². The van der Waals surface area contributed by atoms with Crippen molar-refractivity contribution >= 4 is 17.5 Å². The van der Waals surface area contributed by atoms with E-state index in [1.807, 2.05) is 24.3 Å². The van der Waals surface area contributed by atoms with Gasteiger partial charge in [-0.1, -0.05) is 41.9 Å². The lowest BCUT2D eigenvalue weighted by molar-refractivity contribution is -0.120. The van der Waals surface area contributed by atoms with Gasteiger partial charge in [0.05, 0.1) is 6.42 Å². The molecule has 0 saturated heterocycles. The molecule has 120 valence electrons. The Hall–Kier alpha value is -1.80. The largest absolute Gasteiger partial charge is 0.355 e. The number of nitrogens with one attached hydrogen (secondary N) is 1. The van der Waals surface area contributed by atoms with Crippen LogP contribution in [0.5, 0.6) is 0 Å². The monoisotopic (exact) mass is 327 g/mol. The number of benzene rings is 2.